The summed E-state index contributed by atoms with van der Waals surface area (Å²) in [4.78, 5) is 15.9. The second-order valence-corrected chi connectivity index (χ2v) is 6.88. The molecule has 138 valence electrons. The number of nitrogens with zero attached hydrogens (tertiary/aromatic N) is 2. The molecular weight excluding hydrogens is 399 g/mol. The number of carbonyl (C=O) groups excluding carboxylic acids is 1. The van der Waals surface area contributed by atoms with Gasteiger partial charge >= 0.3 is 0 Å². The molecule has 0 saturated heterocycles. The number of aromatic nitrogens is 1. The van der Waals surface area contributed by atoms with Crippen LogP contribution in [0.1, 0.15) is 29.9 Å². The Morgan fingerprint density at radius 1 is 1.27 bits per heavy atom. The average Bonchev–Trinajstić information content (AvgIpc) is 2.62. The molecule has 0 atom stereocenters. The number of nitrogen functional groups attached to an aromatic ring is 1. The number of nitrogens with two attached hydrogens (primary N) is 1. The zero-order valence-corrected chi connectivity index (χ0v) is 16.4. The maximum absolute atomic E-state index is 12.1. The maximum atomic E-state index is 12.1. The summed E-state index contributed by atoms with van der Waals surface area (Å²) < 4.78 is 5.60. The van der Waals surface area contributed by atoms with E-state index in [1.54, 1.807) is 0 Å². The third-order valence-corrected chi connectivity index (χ3v) is 4.27. The largest absolute Gasteiger partial charge is 0.493 e. The molecule has 0 bridgehead atoms. The van der Waals surface area contributed by atoms with E-state index in [1.165, 1.54) is 6.21 Å². The fraction of sp³-hybridized carbons (Fsp3) is 0.235. The lowest BCUT2D eigenvalue weighted by Crippen LogP contribution is -2.20. The summed E-state index contributed by atoms with van der Waals surface area (Å²) in [6.45, 7) is 4.79. The van der Waals surface area contributed by atoms with Gasteiger partial charge < -0.3 is 10.5 Å². The van der Waals surface area contributed by atoms with Gasteiger partial charge in [-0.05, 0) is 35.7 Å². The van der Waals surface area contributed by atoms with Crippen LogP contribution < -0.4 is 15.9 Å². The van der Waals surface area contributed by atoms with Gasteiger partial charge in [0, 0.05) is 0 Å². The van der Waals surface area contributed by atoms with Crippen LogP contribution in [0.2, 0.25) is 15.2 Å². The van der Waals surface area contributed by atoms with Crippen molar-refractivity contribution in [2.24, 2.45) is 11.0 Å². The SMILES string of the molecule is CC(C)COc1ccc(/C=N/NC(=O)c2nc(Cl)c(Cl)c(N)c2Cl)cc1. The Kier molecular flexibility index (Phi) is 7.08. The number of hydrazone groups is 1. The Bertz CT molecular complexity index is 824. The van der Waals surface area contributed by atoms with Gasteiger partial charge in [0.1, 0.15) is 10.8 Å². The second kappa shape index (κ2) is 9.07. The average molecular weight is 416 g/mol. The first-order valence-corrected chi connectivity index (χ1v) is 8.79. The van der Waals surface area contributed by atoms with E-state index in [4.69, 9.17) is 45.3 Å². The van der Waals surface area contributed by atoms with Crippen LogP contribution in [0, 0.1) is 5.92 Å². The molecule has 1 aromatic heterocycles. The highest BCUT2D eigenvalue weighted by molar-refractivity contribution is 6.46. The third kappa shape index (κ3) is 5.24. The number of hydrogen-bond donors (Lipinski definition) is 2. The number of amides is 1. The van der Waals surface area contributed by atoms with Gasteiger partial charge in [-0.15, -0.1) is 0 Å². The van der Waals surface area contributed by atoms with Crippen molar-refractivity contribution in [3.8, 4) is 5.75 Å². The van der Waals surface area contributed by atoms with Crippen molar-refractivity contribution < 1.29 is 9.53 Å². The van der Waals surface area contributed by atoms with Gasteiger partial charge in [-0.3, -0.25) is 4.79 Å². The number of carbonyl (C=O) groups is 1. The number of ether oxygens (including phenoxy) is 1. The molecule has 0 aliphatic carbocycles. The Labute approximate surface area is 166 Å². The predicted octanol–water partition coefficient (Wildman–Crippen LogP) is 4.42. The zero-order valence-electron chi connectivity index (χ0n) is 14.1. The molecule has 0 aliphatic rings. The van der Waals surface area contributed by atoms with Gasteiger partial charge in [0.2, 0.25) is 0 Å². The van der Waals surface area contributed by atoms with Gasteiger partial charge in [0.05, 0.1) is 23.5 Å². The minimum absolute atomic E-state index is 0.00325. The first-order chi connectivity index (χ1) is 12.3. The van der Waals surface area contributed by atoms with Gasteiger partial charge in [-0.2, -0.15) is 5.10 Å². The highest BCUT2D eigenvalue weighted by Gasteiger charge is 2.19. The number of benzene rings is 1. The quantitative estimate of drug-likeness (QED) is 0.415. The van der Waals surface area contributed by atoms with Crippen LogP contribution in [0.5, 0.6) is 5.75 Å². The molecule has 0 unspecified atom stereocenters. The van der Waals surface area contributed by atoms with E-state index in [0.29, 0.717) is 12.5 Å². The van der Waals surface area contributed by atoms with Crippen LogP contribution in [0.3, 0.4) is 0 Å². The van der Waals surface area contributed by atoms with E-state index in [2.05, 4.69) is 29.4 Å². The Hall–Kier alpha value is -2.02. The lowest BCUT2D eigenvalue weighted by atomic mass is 10.2. The van der Waals surface area contributed by atoms with Crippen LogP contribution in [-0.4, -0.2) is 23.7 Å². The van der Waals surface area contributed by atoms with Crippen molar-refractivity contribution in [3.05, 3.63) is 50.7 Å². The number of anilines is 1. The standard InChI is InChI=1S/C17H17Cl3N4O2/c1-9(2)8-26-11-5-3-10(4-6-11)7-22-24-17(25)15-12(18)14(21)13(19)16(20)23-15/h3-7,9H,8H2,1-2H3,(H2,21,23)(H,24,25)/b22-7+. The molecule has 1 amide bonds. The number of halogens is 3. The summed E-state index contributed by atoms with van der Waals surface area (Å²) in [6, 6.07) is 7.27. The highest BCUT2D eigenvalue weighted by Crippen LogP contribution is 2.34. The summed E-state index contributed by atoms with van der Waals surface area (Å²) in [6.07, 6.45) is 1.47. The minimum Gasteiger partial charge on any atom is -0.493 e. The van der Waals surface area contributed by atoms with E-state index in [1.807, 2.05) is 24.3 Å². The Morgan fingerprint density at radius 2 is 1.92 bits per heavy atom. The van der Waals surface area contributed by atoms with Gasteiger partial charge in [0.25, 0.3) is 5.91 Å². The van der Waals surface area contributed by atoms with Crippen LogP contribution >= 0.6 is 34.8 Å². The smallest absolute Gasteiger partial charge is 0.291 e. The summed E-state index contributed by atoms with van der Waals surface area (Å²) in [5.74, 6) is 0.554. The lowest BCUT2D eigenvalue weighted by molar-refractivity contribution is 0.0950. The van der Waals surface area contributed by atoms with Crippen molar-refractivity contribution in [1.82, 2.24) is 10.4 Å². The van der Waals surface area contributed by atoms with Crippen LogP contribution in [0.15, 0.2) is 29.4 Å². The Morgan fingerprint density at radius 3 is 2.54 bits per heavy atom. The molecule has 2 aromatic rings. The number of rotatable bonds is 6. The fourth-order valence-corrected chi connectivity index (χ4v) is 2.41. The molecule has 0 aliphatic heterocycles. The number of nitrogens with one attached hydrogen (secondary N) is 1. The van der Waals surface area contributed by atoms with Crippen molar-refractivity contribution in [2.45, 2.75) is 13.8 Å². The van der Waals surface area contributed by atoms with E-state index in [9.17, 15) is 4.79 Å². The van der Waals surface area contributed by atoms with Crippen LogP contribution in [0.4, 0.5) is 5.69 Å². The van der Waals surface area contributed by atoms with Crippen molar-refractivity contribution >= 4 is 52.6 Å². The molecule has 1 heterocycles. The summed E-state index contributed by atoms with van der Waals surface area (Å²) in [5.41, 5.74) is 8.59. The monoisotopic (exact) mass is 414 g/mol. The van der Waals surface area contributed by atoms with Gasteiger partial charge in [-0.1, -0.05) is 48.7 Å². The van der Waals surface area contributed by atoms with E-state index >= 15 is 0 Å². The van der Waals surface area contributed by atoms with Crippen LogP contribution in [0.25, 0.3) is 0 Å². The lowest BCUT2D eigenvalue weighted by Gasteiger charge is -2.08. The second-order valence-electron chi connectivity index (χ2n) is 5.77. The fourth-order valence-electron chi connectivity index (χ4n) is 1.81. The summed E-state index contributed by atoms with van der Waals surface area (Å²) in [5, 5.41) is 3.66. The van der Waals surface area contributed by atoms with Crippen molar-refractivity contribution in [1.29, 1.82) is 0 Å². The molecule has 2 rings (SSSR count). The minimum atomic E-state index is -0.659. The molecule has 26 heavy (non-hydrogen) atoms. The third-order valence-electron chi connectivity index (χ3n) is 3.13. The molecule has 0 fully saturated rings. The molecule has 1 aromatic carbocycles. The Balaban J connectivity index is 2.01. The topological polar surface area (TPSA) is 89.6 Å². The normalized spacial score (nSPS) is 11.2. The van der Waals surface area contributed by atoms with Crippen molar-refractivity contribution in [3.63, 3.8) is 0 Å². The van der Waals surface area contributed by atoms with Gasteiger partial charge in [0.15, 0.2) is 10.8 Å². The predicted molar refractivity (Wildman–Crippen MR) is 106 cm³/mol. The highest BCUT2D eigenvalue weighted by atomic mass is 35.5. The first-order valence-electron chi connectivity index (χ1n) is 7.65. The summed E-state index contributed by atoms with van der Waals surface area (Å²) in [7, 11) is 0. The van der Waals surface area contributed by atoms with Crippen molar-refractivity contribution in [2.75, 3.05) is 12.3 Å². The number of hydrogen-bond acceptors (Lipinski definition) is 5. The summed E-state index contributed by atoms with van der Waals surface area (Å²) >= 11 is 17.6. The zero-order chi connectivity index (χ0) is 19.3. The molecular formula is C17H17Cl3N4O2. The first kappa shape index (κ1) is 20.3. The molecule has 0 saturated carbocycles. The van der Waals surface area contributed by atoms with E-state index in [0.717, 1.165) is 11.3 Å². The number of pyridine rings is 1. The molecule has 6 nitrogen and oxygen atoms in total. The molecule has 0 radical (unpaired) electrons. The molecule has 0 spiro atoms. The van der Waals surface area contributed by atoms with Crippen LogP contribution in [-0.2, 0) is 0 Å². The van der Waals surface area contributed by atoms with E-state index < -0.39 is 5.91 Å². The molecule has 3 N–H and O–H groups in total. The van der Waals surface area contributed by atoms with E-state index in [-0.39, 0.29) is 26.6 Å². The van der Waals surface area contributed by atoms with Gasteiger partial charge in [-0.25, -0.2) is 10.4 Å². The molecule has 9 heteroatoms. The maximum Gasteiger partial charge on any atom is 0.291 e.